The predicted molar refractivity (Wildman–Crippen MR) is 134 cm³/mol. The Morgan fingerprint density at radius 1 is 0.968 bits per heavy atom. The molecule has 0 N–H and O–H groups in total. The van der Waals surface area contributed by atoms with E-state index in [1.807, 2.05) is 0 Å². The van der Waals surface area contributed by atoms with Crippen LogP contribution in [0, 0.1) is 5.92 Å². The van der Waals surface area contributed by atoms with Crippen LogP contribution in [0.15, 0.2) is 12.4 Å². The molecular formula is C26H49N5. The maximum Gasteiger partial charge on any atom is 0.225 e. The minimum atomic E-state index is 0.498. The molecule has 3 atom stereocenters. The van der Waals surface area contributed by atoms with E-state index in [-0.39, 0.29) is 0 Å². The van der Waals surface area contributed by atoms with Crippen molar-refractivity contribution in [2.45, 2.75) is 105 Å². The topological polar surface area (TPSA) is 35.5 Å². The number of aryl methyl sites for hydroxylation is 1. The Morgan fingerprint density at radius 3 is 2.06 bits per heavy atom. The van der Waals surface area contributed by atoms with Crippen LogP contribution < -0.4 is 4.90 Å². The Bertz CT molecular complexity index is 588. The van der Waals surface area contributed by atoms with Crippen molar-refractivity contribution in [3.63, 3.8) is 0 Å². The van der Waals surface area contributed by atoms with Gasteiger partial charge in [-0.05, 0) is 83.5 Å². The maximum atomic E-state index is 4.84. The molecule has 0 bridgehead atoms. The van der Waals surface area contributed by atoms with E-state index in [0.717, 1.165) is 50.8 Å². The third-order valence-corrected chi connectivity index (χ3v) is 7.08. The van der Waals surface area contributed by atoms with Crippen molar-refractivity contribution >= 4 is 5.95 Å². The first-order chi connectivity index (χ1) is 14.9. The summed E-state index contributed by atoms with van der Waals surface area (Å²) in [5.74, 6) is 1.73. The van der Waals surface area contributed by atoms with Crippen LogP contribution in [-0.2, 0) is 6.42 Å². The summed E-state index contributed by atoms with van der Waals surface area (Å²) in [7, 11) is 2.24. The van der Waals surface area contributed by atoms with Gasteiger partial charge in [0.25, 0.3) is 0 Å². The molecule has 1 aliphatic heterocycles. The summed E-state index contributed by atoms with van der Waals surface area (Å²) < 4.78 is 0. The molecule has 1 saturated heterocycles. The summed E-state index contributed by atoms with van der Waals surface area (Å²) in [5, 5.41) is 0. The van der Waals surface area contributed by atoms with E-state index in [0.29, 0.717) is 18.1 Å². The molecule has 0 spiro atoms. The smallest absolute Gasteiger partial charge is 0.225 e. The molecule has 1 aliphatic rings. The first-order valence-electron chi connectivity index (χ1n) is 12.9. The van der Waals surface area contributed by atoms with Crippen LogP contribution in [0.2, 0.25) is 0 Å². The molecule has 0 saturated carbocycles. The van der Waals surface area contributed by atoms with Crippen molar-refractivity contribution in [2.24, 2.45) is 5.92 Å². The van der Waals surface area contributed by atoms with Crippen LogP contribution in [0.5, 0.6) is 0 Å². The highest BCUT2D eigenvalue weighted by Gasteiger charge is 2.35. The first-order valence-corrected chi connectivity index (χ1v) is 12.9. The molecule has 0 aromatic carbocycles. The lowest BCUT2D eigenvalue weighted by Gasteiger charge is -2.48. The molecular weight excluding hydrogens is 382 g/mol. The van der Waals surface area contributed by atoms with Gasteiger partial charge in [-0.1, -0.05) is 34.6 Å². The average Bonchev–Trinajstić information content (AvgIpc) is 2.77. The summed E-state index contributed by atoms with van der Waals surface area (Å²) >= 11 is 0. The van der Waals surface area contributed by atoms with Crippen LogP contribution in [0.25, 0.3) is 0 Å². The predicted octanol–water partition coefficient (Wildman–Crippen LogP) is 5.25. The lowest BCUT2D eigenvalue weighted by molar-refractivity contribution is 0.135. The zero-order chi connectivity index (χ0) is 22.8. The summed E-state index contributed by atoms with van der Waals surface area (Å²) in [6, 6.07) is 1.65. The standard InChI is InChI=1S/C26H49N5/c1-8-22(6)30-19-24(9-2)31(25(10-3)20-30)26-27-17-23(18-28-26)14-12-16-29(7)15-11-13-21(4)5/h17-18,21-22,24-25H,8-16,19-20H2,1-7H3. The third-order valence-electron chi connectivity index (χ3n) is 7.08. The third kappa shape index (κ3) is 8.02. The van der Waals surface area contributed by atoms with E-state index in [4.69, 9.17) is 9.97 Å². The Labute approximate surface area is 192 Å². The van der Waals surface area contributed by atoms with Gasteiger partial charge in [0.15, 0.2) is 0 Å². The second-order valence-corrected chi connectivity index (χ2v) is 10.1. The van der Waals surface area contributed by atoms with Crippen molar-refractivity contribution in [1.82, 2.24) is 19.8 Å². The molecule has 0 radical (unpaired) electrons. The lowest BCUT2D eigenvalue weighted by Crippen LogP contribution is -2.60. The molecule has 5 nitrogen and oxygen atoms in total. The van der Waals surface area contributed by atoms with Gasteiger partial charge < -0.3 is 9.80 Å². The van der Waals surface area contributed by atoms with E-state index in [1.54, 1.807) is 0 Å². The summed E-state index contributed by atoms with van der Waals surface area (Å²) in [4.78, 5) is 17.3. The first kappa shape index (κ1) is 26.1. The summed E-state index contributed by atoms with van der Waals surface area (Å²) in [6.45, 7) is 18.5. The van der Waals surface area contributed by atoms with Gasteiger partial charge in [-0.25, -0.2) is 9.97 Å². The van der Waals surface area contributed by atoms with Gasteiger partial charge in [-0.3, -0.25) is 4.90 Å². The fourth-order valence-electron chi connectivity index (χ4n) is 4.73. The minimum Gasteiger partial charge on any atom is -0.332 e. The van der Waals surface area contributed by atoms with Crippen molar-refractivity contribution in [2.75, 3.05) is 38.1 Å². The normalized spacial score (nSPS) is 21.3. The molecule has 31 heavy (non-hydrogen) atoms. The molecule has 2 heterocycles. The highest BCUT2D eigenvalue weighted by Crippen LogP contribution is 2.26. The SMILES string of the molecule is CCC(C)N1CC(CC)N(c2ncc(CCCN(C)CCCC(C)C)cn2)C(CC)C1. The van der Waals surface area contributed by atoms with Crippen molar-refractivity contribution in [1.29, 1.82) is 0 Å². The number of hydrogen-bond acceptors (Lipinski definition) is 5. The van der Waals surface area contributed by atoms with Gasteiger partial charge >= 0.3 is 0 Å². The number of rotatable bonds is 13. The fourth-order valence-corrected chi connectivity index (χ4v) is 4.73. The van der Waals surface area contributed by atoms with Gasteiger partial charge in [-0.2, -0.15) is 0 Å². The van der Waals surface area contributed by atoms with Crippen molar-refractivity contribution in [3.05, 3.63) is 18.0 Å². The quantitative estimate of drug-likeness (QED) is 0.426. The van der Waals surface area contributed by atoms with E-state index < -0.39 is 0 Å². The van der Waals surface area contributed by atoms with E-state index >= 15 is 0 Å². The molecule has 178 valence electrons. The Balaban J connectivity index is 1.91. The second kappa shape index (κ2) is 13.4. The summed E-state index contributed by atoms with van der Waals surface area (Å²) in [6.07, 6.45) is 12.5. The zero-order valence-corrected chi connectivity index (χ0v) is 21.5. The molecule has 1 aromatic rings. The molecule has 1 fully saturated rings. The molecule has 1 aromatic heterocycles. The van der Waals surface area contributed by atoms with Crippen LogP contribution in [0.1, 0.15) is 85.6 Å². The minimum absolute atomic E-state index is 0.498. The number of piperazine rings is 1. The summed E-state index contributed by atoms with van der Waals surface area (Å²) in [5.41, 5.74) is 1.26. The van der Waals surface area contributed by atoms with Gasteiger partial charge in [0.05, 0.1) is 0 Å². The second-order valence-electron chi connectivity index (χ2n) is 10.1. The molecule has 0 amide bonds. The monoisotopic (exact) mass is 431 g/mol. The molecule has 5 heteroatoms. The Kier molecular flexibility index (Phi) is 11.2. The highest BCUT2D eigenvalue weighted by atomic mass is 15.4. The van der Waals surface area contributed by atoms with Crippen LogP contribution >= 0.6 is 0 Å². The lowest BCUT2D eigenvalue weighted by atomic mass is 10.00. The Hall–Kier alpha value is -1.20. The largest absolute Gasteiger partial charge is 0.332 e. The Morgan fingerprint density at radius 2 is 1.55 bits per heavy atom. The van der Waals surface area contributed by atoms with Crippen LogP contribution in [-0.4, -0.2) is 71.1 Å². The van der Waals surface area contributed by atoms with Gasteiger partial charge in [0, 0.05) is 43.6 Å². The van der Waals surface area contributed by atoms with Gasteiger partial charge in [0.2, 0.25) is 5.95 Å². The van der Waals surface area contributed by atoms with Crippen molar-refractivity contribution in [3.8, 4) is 0 Å². The fraction of sp³-hybridized carbons (Fsp3) is 0.846. The van der Waals surface area contributed by atoms with E-state index in [1.165, 1.54) is 37.8 Å². The number of hydrogen-bond donors (Lipinski definition) is 0. The van der Waals surface area contributed by atoms with E-state index in [9.17, 15) is 0 Å². The van der Waals surface area contributed by atoms with Crippen molar-refractivity contribution < 1.29 is 0 Å². The number of anilines is 1. The number of aromatic nitrogens is 2. The van der Waals surface area contributed by atoms with Gasteiger partial charge in [-0.15, -0.1) is 0 Å². The van der Waals surface area contributed by atoms with Gasteiger partial charge in [0.1, 0.15) is 0 Å². The molecule has 0 aliphatic carbocycles. The highest BCUT2D eigenvalue weighted by molar-refractivity contribution is 5.35. The van der Waals surface area contributed by atoms with E-state index in [2.05, 4.69) is 75.7 Å². The maximum absolute atomic E-state index is 4.84. The molecule has 2 rings (SSSR count). The van der Waals surface area contributed by atoms with Crippen LogP contribution in [0.4, 0.5) is 5.95 Å². The number of nitrogens with zero attached hydrogens (tertiary/aromatic N) is 5. The zero-order valence-electron chi connectivity index (χ0n) is 21.5. The van der Waals surface area contributed by atoms with Crippen LogP contribution in [0.3, 0.4) is 0 Å². The average molecular weight is 432 g/mol. The molecule has 3 unspecified atom stereocenters.